The van der Waals surface area contributed by atoms with Gasteiger partial charge in [-0.2, -0.15) is 0 Å². The quantitative estimate of drug-likeness (QED) is 0.103. The second-order valence-corrected chi connectivity index (χ2v) is 18.8. The fourth-order valence-electron chi connectivity index (χ4n) is 11.6. The fraction of sp³-hybridized carbons (Fsp3) is 0.767. The Bertz CT molecular complexity index is 1900. The first-order valence-corrected chi connectivity index (χ1v) is 21.1. The molecule has 352 valence electrons. The van der Waals surface area contributed by atoms with Crippen molar-refractivity contribution in [2.45, 2.75) is 165 Å². The lowest BCUT2D eigenvalue weighted by atomic mass is 9.40. The summed E-state index contributed by atoms with van der Waals surface area (Å²) in [6, 6.07) is 1.57. The number of ether oxygens (including phenoxy) is 9. The highest BCUT2D eigenvalue weighted by molar-refractivity contribution is 5.80. The fourth-order valence-corrected chi connectivity index (χ4v) is 11.6. The van der Waals surface area contributed by atoms with Gasteiger partial charge in [0.15, 0.2) is 18.7 Å². The summed E-state index contributed by atoms with van der Waals surface area (Å²) in [5, 5.41) is 64.7. The van der Waals surface area contributed by atoms with E-state index in [0.29, 0.717) is 11.1 Å². The van der Waals surface area contributed by atoms with Gasteiger partial charge < -0.3 is 77.7 Å². The summed E-state index contributed by atoms with van der Waals surface area (Å²) in [7, 11) is 1.26. The smallest absolute Gasteiger partial charge is 0.339 e. The third-order valence-electron chi connectivity index (χ3n) is 15.1. The third-order valence-corrected chi connectivity index (χ3v) is 15.1. The van der Waals surface area contributed by atoms with Crippen LogP contribution in [0.1, 0.15) is 79.4 Å². The van der Waals surface area contributed by atoms with Crippen molar-refractivity contribution in [1.82, 2.24) is 0 Å². The van der Waals surface area contributed by atoms with Crippen molar-refractivity contribution in [3.05, 3.63) is 36.3 Å². The molecular weight excluding hydrogens is 836 g/mol. The van der Waals surface area contributed by atoms with Crippen LogP contribution in [0.4, 0.5) is 0 Å². The van der Waals surface area contributed by atoms with Gasteiger partial charge in [0.25, 0.3) is 0 Å². The average Bonchev–Trinajstić information content (AvgIpc) is 3.76. The highest BCUT2D eigenvalue weighted by Crippen LogP contribution is 2.73. The summed E-state index contributed by atoms with van der Waals surface area (Å²) in [6.45, 7) is 15.3. The van der Waals surface area contributed by atoms with Gasteiger partial charge in [-0.1, -0.05) is 27.4 Å². The van der Waals surface area contributed by atoms with Crippen molar-refractivity contribution in [3.8, 4) is 0 Å². The van der Waals surface area contributed by atoms with Crippen LogP contribution in [0.3, 0.4) is 0 Å². The van der Waals surface area contributed by atoms with Gasteiger partial charge in [0.1, 0.15) is 66.6 Å². The van der Waals surface area contributed by atoms with Crippen LogP contribution in [-0.2, 0) is 61.8 Å². The number of carbonyl (C=O) groups is 4. The zero-order valence-corrected chi connectivity index (χ0v) is 36.5. The van der Waals surface area contributed by atoms with E-state index in [-0.39, 0.29) is 19.3 Å². The summed E-state index contributed by atoms with van der Waals surface area (Å²) in [5.41, 5.74) is -4.97. The number of aliphatic hydroxyl groups excluding tert-OH is 6. The molecule has 20 heteroatoms. The van der Waals surface area contributed by atoms with Crippen LogP contribution >= 0.6 is 0 Å². The minimum absolute atomic E-state index is 0.0606. The van der Waals surface area contributed by atoms with Crippen molar-refractivity contribution >= 4 is 23.9 Å². The van der Waals surface area contributed by atoms with E-state index in [2.05, 4.69) is 6.58 Å². The SMILES string of the molecule is C=C1C2CC(OC(C)=O)C3(C)C(c4ccoc4)OC(=O)[C@@H](O[C@@H]4O[C@H](CO[C@@H]5O[C@H](C)[C@H](O)[C@@H](O)[C@H]5O)[C@@H](O)[C@H](O)[C@H]4O)[C@]13OC1C[C@H](OC(C)=O)C(C)(C)[C@H](CC(=O)OC)[C@]12C. The van der Waals surface area contributed by atoms with Gasteiger partial charge in [0.05, 0.1) is 43.9 Å². The van der Waals surface area contributed by atoms with Gasteiger partial charge in [-0.3, -0.25) is 14.4 Å². The molecule has 2 saturated carbocycles. The molecule has 7 rings (SSSR count). The average molecular weight is 897 g/mol. The standard InChI is InChI=1S/C43H60O20/c1-17-22-12-27(59-20(4)45)42(8)35(21-10-11-55-15-21)61-37(53)36(43(17,42)63-26-14-25(58-19(3)44)40(5,6)24(41(22,26)7)13-28(46)54-9)62-39-34(52)32(50)30(48)23(60-39)16-56-38-33(51)31(49)29(47)18(2)57-38/h10-11,15,18,22-27,29-36,38-39,47-52H,1,12-14,16H2,2-9H3/t18-,22?,23-,24+,25+,26?,27?,29+,30-,31-,32+,33-,34-,35?,36-,38-,39+,41-,42?,43-/m1/s1. The second-order valence-electron chi connectivity index (χ2n) is 18.8. The summed E-state index contributed by atoms with van der Waals surface area (Å²) < 4.78 is 60.1. The van der Waals surface area contributed by atoms with Gasteiger partial charge in [-0.25, -0.2) is 4.79 Å². The Morgan fingerprint density at radius 3 is 2.11 bits per heavy atom. The molecule has 5 heterocycles. The van der Waals surface area contributed by atoms with Crippen LogP contribution in [0.5, 0.6) is 0 Å². The number of hydrogen-bond acceptors (Lipinski definition) is 20. The van der Waals surface area contributed by atoms with Gasteiger partial charge in [0.2, 0.25) is 0 Å². The molecule has 2 bridgehead atoms. The van der Waals surface area contributed by atoms with Crippen molar-refractivity contribution in [2.24, 2.45) is 28.1 Å². The summed E-state index contributed by atoms with van der Waals surface area (Å²) in [6.07, 6.45) is -19.9. The van der Waals surface area contributed by atoms with Crippen LogP contribution in [0.25, 0.3) is 0 Å². The van der Waals surface area contributed by atoms with E-state index in [1.54, 1.807) is 13.0 Å². The van der Waals surface area contributed by atoms with E-state index in [1.165, 1.54) is 40.4 Å². The van der Waals surface area contributed by atoms with Crippen LogP contribution in [0.2, 0.25) is 0 Å². The number of aliphatic hydroxyl groups is 6. The highest BCUT2D eigenvalue weighted by atomic mass is 16.7. The second kappa shape index (κ2) is 17.0. The molecule has 1 aromatic rings. The van der Waals surface area contributed by atoms with Crippen molar-refractivity contribution < 1.29 is 96.9 Å². The summed E-state index contributed by atoms with van der Waals surface area (Å²) in [5.74, 6) is -4.20. The maximum absolute atomic E-state index is 14.8. The molecule has 4 aliphatic heterocycles. The molecule has 63 heavy (non-hydrogen) atoms. The first kappa shape index (κ1) is 47.4. The van der Waals surface area contributed by atoms with E-state index in [0.717, 1.165) is 0 Å². The number of rotatable bonds is 10. The van der Waals surface area contributed by atoms with Crippen LogP contribution in [0, 0.1) is 28.1 Å². The zero-order valence-electron chi connectivity index (χ0n) is 36.5. The maximum atomic E-state index is 14.8. The number of furan rings is 1. The monoisotopic (exact) mass is 896 g/mol. The van der Waals surface area contributed by atoms with Gasteiger partial charge in [-0.15, -0.1) is 0 Å². The first-order valence-electron chi connectivity index (χ1n) is 21.1. The third kappa shape index (κ3) is 7.42. The predicted octanol–water partition coefficient (Wildman–Crippen LogP) is 0.113. The normalized spacial score (nSPS) is 46.7. The Labute approximate surface area is 363 Å². The van der Waals surface area contributed by atoms with Crippen LogP contribution < -0.4 is 0 Å². The topological polar surface area (TPSA) is 286 Å². The van der Waals surface area contributed by atoms with E-state index in [9.17, 15) is 49.8 Å². The number of hydrogen-bond donors (Lipinski definition) is 6. The molecule has 1 spiro atoms. The molecule has 6 fully saturated rings. The largest absolute Gasteiger partial charge is 0.472 e. The van der Waals surface area contributed by atoms with Gasteiger partial charge in [-0.05, 0) is 43.7 Å². The molecule has 0 aromatic carbocycles. The number of carbonyl (C=O) groups excluding carboxylic acids is 4. The minimum Gasteiger partial charge on any atom is -0.472 e. The zero-order chi connectivity index (χ0) is 46.3. The molecule has 20 atom stereocenters. The van der Waals surface area contributed by atoms with Crippen molar-refractivity contribution in [1.29, 1.82) is 0 Å². The van der Waals surface area contributed by atoms with Gasteiger partial charge >= 0.3 is 23.9 Å². The Kier molecular flexibility index (Phi) is 12.8. The van der Waals surface area contributed by atoms with Gasteiger partial charge in [0, 0.05) is 43.1 Å². The van der Waals surface area contributed by atoms with E-state index in [4.69, 9.17) is 47.0 Å². The predicted molar refractivity (Wildman–Crippen MR) is 208 cm³/mol. The Hall–Kier alpha value is -3.54. The van der Waals surface area contributed by atoms with E-state index >= 15 is 0 Å². The lowest BCUT2D eigenvalue weighted by molar-refractivity contribution is -0.382. The summed E-state index contributed by atoms with van der Waals surface area (Å²) in [4.78, 5) is 53.9. The Balaban J connectivity index is 1.33. The molecule has 4 saturated heterocycles. The van der Waals surface area contributed by atoms with Crippen molar-refractivity contribution in [3.63, 3.8) is 0 Å². The molecule has 2 aliphatic carbocycles. The molecule has 5 unspecified atom stereocenters. The Morgan fingerprint density at radius 2 is 1.49 bits per heavy atom. The number of fused-ring (bicyclic) bond motifs is 3. The molecular formula is C43H60O20. The molecule has 6 N–H and O–H groups in total. The summed E-state index contributed by atoms with van der Waals surface area (Å²) >= 11 is 0. The Morgan fingerprint density at radius 1 is 0.857 bits per heavy atom. The molecule has 20 nitrogen and oxygen atoms in total. The van der Waals surface area contributed by atoms with Crippen LogP contribution in [-0.4, -0.2) is 160 Å². The highest BCUT2D eigenvalue weighted by Gasteiger charge is 2.80. The minimum atomic E-state index is -2.06. The molecule has 0 amide bonds. The number of cyclic esters (lactones) is 1. The van der Waals surface area contributed by atoms with Crippen molar-refractivity contribution in [2.75, 3.05) is 13.7 Å². The number of esters is 4. The lowest BCUT2D eigenvalue weighted by Crippen LogP contribution is -2.81. The molecule has 6 aliphatic rings. The van der Waals surface area contributed by atoms with Crippen LogP contribution in [0.15, 0.2) is 35.2 Å². The molecule has 0 radical (unpaired) electrons. The lowest BCUT2D eigenvalue weighted by Gasteiger charge is -2.73. The molecule has 1 aromatic heterocycles. The number of methoxy groups -OCH3 is 1. The maximum Gasteiger partial charge on any atom is 0.339 e. The van der Waals surface area contributed by atoms with E-state index in [1.807, 2.05) is 20.8 Å². The van der Waals surface area contributed by atoms with E-state index < -0.39 is 156 Å². The first-order chi connectivity index (χ1) is 29.5.